The fourth-order valence-corrected chi connectivity index (χ4v) is 4.59. The summed E-state index contributed by atoms with van der Waals surface area (Å²) in [6.45, 7) is 6.96. The molecule has 0 bridgehead atoms. The standard InChI is InChI=1S/C22H26FN3O3S/c1-22(2,3)28-21(27)26-10-8-14(9-11-26)20-24-18(13-30-20)17-12-19(29-25-17)15-6-4-5-7-16(15)23/h4-7,12-14,17,25H,8-11H2,1-3H3. The summed E-state index contributed by atoms with van der Waals surface area (Å²) in [5.41, 5.74) is 3.73. The second-order valence-electron chi connectivity index (χ2n) is 8.56. The fraction of sp³-hybridized carbons (Fsp3) is 0.455. The van der Waals surface area contributed by atoms with Crippen molar-refractivity contribution in [3.05, 3.63) is 57.8 Å². The number of carbonyl (C=O) groups is 1. The van der Waals surface area contributed by atoms with Crippen molar-refractivity contribution >= 4 is 23.2 Å². The van der Waals surface area contributed by atoms with Crippen LogP contribution in [-0.4, -0.2) is 34.7 Å². The van der Waals surface area contributed by atoms with Gasteiger partial charge in [0.15, 0.2) is 5.76 Å². The molecule has 2 aliphatic rings. The summed E-state index contributed by atoms with van der Waals surface area (Å²) in [4.78, 5) is 24.3. The minimum absolute atomic E-state index is 0.216. The predicted octanol–water partition coefficient (Wildman–Crippen LogP) is 5.01. The van der Waals surface area contributed by atoms with Gasteiger partial charge in [-0.1, -0.05) is 12.1 Å². The van der Waals surface area contributed by atoms with Gasteiger partial charge in [0, 0.05) is 24.4 Å². The summed E-state index contributed by atoms with van der Waals surface area (Å²) in [6.07, 6.45) is 3.32. The molecule has 0 spiro atoms. The first kappa shape index (κ1) is 20.8. The van der Waals surface area contributed by atoms with Gasteiger partial charge in [0.25, 0.3) is 0 Å². The molecule has 1 saturated heterocycles. The normalized spacial score (nSPS) is 20.1. The molecule has 1 amide bonds. The third-order valence-electron chi connectivity index (χ3n) is 5.11. The van der Waals surface area contributed by atoms with Crippen LogP contribution in [0.1, 0.15) is 61.8 Å². The molecule has 3 heterocycles. The summed E-state index contributed by atoms with van der Waals surface area (Å²) >= 11 is 1.62. The molecule has 1 fully saturated rings. The second kappa shape index (κ2) is 8.35. The quantitative estimate of drug-likeness (QED) is 0.740. The maximum atomic E-state index is 14.0. The van der Waals surface area contributed by atoms with E-state index in [2.05, 4.69) is 5.48 Å². The molecule has 0 radical (unpaired) electrons. The number of hydroxylamine groups is 1. The van der Waals surface area contributed by atoms with Crippen molar-refractivity contribution in [2.45, 2.75) is 51.2 Å². The molecule has 6 nitrogen and oxygen atoms in total. The molecule has 4 rings (SSSR count). The van der Waals surface area contributed by atoms with Crippen molar-refractivity contribution in [2.75, 3.05) is 13.1 Å². The summed E-state index contributed by atoms with van der Waals surface area (Å²) in [6, 6.07) is 6.32. The van der Waals surface area contributed by atoms with E-state index in [1.807, 2.05) is 32.2 Å². The van der Waals surface area contributed by atoms with E-state index in [1.165, 1.54) is 6.07 Å². The molecular formula is C22H26FN3O3S. The maximum absolute atomic E-state index is 14.0. The van der Waals surface area contributed by atoms with Crippen molar-refractivity contribution in [1.29, 1.82) is 0 Å². The smallest absolute Gasteiger partial charge is 0.410 e. The zero-order valence-corrected chi connectivity index (χ0v) is 18.2. The number of thiazole rings is 1. The Bertz CT molecular complexity index is 945. The Labute approximate surface area is 179 Å². The van der Waals surface area contributed by atoms with Crippen LogP contribution in [0.2, 0.25) is 0 Å². The van der Waals surface area contributed by atoms with Gasteiger partial charge in [-0.05, 0) is 51.8 Å². The molecule has 0 aliphatic carbocycles. The minimum atomic E-state index is -0.483. The number of benzene rings is 1. The summed E-state index contributed by atoms with van der Waals surface area (Å²) in [5, 5.41) is 3.07. The summed E-state index contributed by atoms with van der Waals surface area (Å²) < 4.78 is 19.5. The number of rotatable bonds is 3. The third kappa shape index (κ3) is 4.65. The van der Waals surface area contributed by atoms with Gasteiger partial charge in [0.1, 0.15) is 17.5 Å². The molecule has 0 saturated carbocycles. The summed E-state index contributed by atoms with van der Waals surface area (Å²) in [7, 11) is 0. The highest BCUT2D eigenvalue weighted by molar-refractivity contribution is 7.09. The van der Waals surface area contributed by atoms with Crippen LogP contribution in [0, 0.1) is 5.82 Å². The molecular weight excluding hydrogens is 405 g/mol. The topological polar surface area (TPSA) is 63.7 Å². The number of likely N-dealkylation sites (tertiary alicyclic amines) is 1. The Hall–Kier alpha value is -2.45. The number of nitrogens with one attached hydrogen (secondary N) is 1. The van der Waals surface area contributed by atoms with Crippen LogP contribution in [0.25, 0.3) is 5.76 Å². The second-order valence-corrected chi connectivity index (χ2v) is 9.45. The number of carbonyl (C=O) groups excluding carboxylic acids is 1. The largest absolute Gasteiger partial charge is 0.444 e. The highest BCUT2D eigenvalue weighted by atomic mass is 32.1. The predicted molar refractivity (Wildman–Crippen MR) is 113 cm³/mol. The monoisotopic (exact) mass is 431 g/mol. The number of hydrogen-bond donors (Lipinski definition) is 1. The lowest BCUT2D eigenvalue weighted by molar-refractivity contribution is 0.0204. The van der Waals surface area contributed by atoms with Gasteiger partial charge in [-0.3, -0.25) is 0 Å². The van der Waals surface area contributed by atoms with E-state index in [0.29, 0.717) is 30.3 Å². The van der Waals surface area contributed by atoms with Crippen molar-refractivity contribution in [1.82, 2.24) is 15.4 Å². The van der Waals surface area contributed by atoms with Gasteiger partial charge in [0.2, 0.25) is 0 Å². The molecule has 2 aliphatic heterocycles. The lowest BCUT2D eigenvalue weighted by Gasteiger charge is -2.32. The fourth-order valence-electron chi connectivity index (χ4n) is 3.56. The first-order valence-corrected chi connectivity index (χ1v) is 11.0. The minimum Gasteiger partial charge on any atom is -0.444 e. The average molecular weight is 432 g/mol. The van der Waals surface area contributed by atoms with E-state index >= 15 is 0 Å². The highest BCUT2D eigenvalue weighted by Crippen LogP contribution is 2.34. The molecule has 1 atom stereocenters. The van der Waals surface area contributed by atoms with Gasteiger partial charge < -0.3 is 14.5 Å². The van der Waals surface area contributed by atoms with Crippen LogP contribution in [0.3, 0.4) is 0 Å². The lowest BCUT2D eigenvalue weighted by Crippen LogP contribution is -2.41. The number of halogens is 1. The number of hydrogen-bond acceptors (Lipinski definition) is 6. The number of amides is 1. The van der Waals surface area contributed by atoms with Crippen LogP contribution in [0.5, 0.6) is 0 Å². The third-order valence-corrected chi connectivity index (χ3v) is 6.13. The van der Waals surface area contributed by atoms with Gasteiger partial charge >= 0.3 is 6.09 Å². The van der Waals surface area contributed by atoms with E-state index in [1.54, 1.807) is 34.4 Å². The number of ether oxygens (including phenoxy) is 1. The Kier molecular flexibility index (Phi) is 5.79. The van der Waals surface area contributed by atoms with Gasteiger partial charge in [0.05, 0.1) is 16.3 Å². The molecule has 1 aromatic heterocycles. The zero-order valence-electron chi connectivity index (χ0n) is 17.4. The number of nitrogens with zero attached hydrogens (tertiary/aromatic N) is 2. The van der Waals surface area contributed by atoms with E-state index in [9.17, 15) is 9.18 Å². The number of piperidine rings is 1. The summed E-state index contributed by atoms with van der Waals surface area (Å²) in [5.74, 6) is 0.472. The van der Waals surface area contributed by atoms with Gasteiger partial charge in [-0.25, -0.2) is 14.2 Å². The molecule has 1 unspecified atom stereocenters. The highest BCUT2D eigenvalue weighted by Gasteiger charge is 2.30. The molecule has 160 valence electrons. The van der Waals surface area contributed by atoms with Crippen molar-refractivity contribution in [3.63, 3.8) is 0 Å². The van der Waals surface area contributed by atoms with Crippen molar-refractivity contribution < 1.29 is 18.8 Å². The lowest BCUT2D eigenvalue weighted by atomic mass is 9.98. The Balaban J connectivity index is 1.38. The first-order valence-electron chi connectivity index (χ1n) is 10.1. The van der Waals surface area contributed by atoms with E-state index < -0.39 is 5.60 Å². The van der Waals surface area contributed by atoms with Crippen LogP contribution in [0.4, 0.5) is 9.18 Å². The Morgan fingerprint density at radius 2 is 2.03 bits per heavy atom. The number of aromatic nitrogens is 1. The van der Waals surface area contributed by atoms with Crippen LogP contribution in [0.15, 0.2) is 35.7 Å². The van der Waals surface area contributed by atoms with Crippen LogP contribution < -0.4 is 5.48 Å². The van der Waals surface area contributed by atoms with Gasteiger partial charge in [-0.2, -0.15) is 0 Å². The molecule has 1 aromatic carbocycles. The van der Waals surface area contributed by atoms with Crippen LogP contribution >= 0.6 is 11.3 Å². The molecule has 30 heavy (non-hydrogen) atoms. The van der Waals surface area contributed by atoms with E-state index in [4.69, 9.17) is 14.6 Å². The SMILES string of the molecule is CC(C)(C)OC(=O)N1CCC(c2nc(C3C=C(c4ccccc4F)ON3)cs2)CC1. The van der Waals surface area contributed by atoms with Gasteiger partial charge in [-0.15, -0.1) is 16.8 Å². The van der Waals surface area contributed by atoms with Crippen molar-refractivity contribution in [2.24, 2.45) is 0 Å². The average Bonchev–Trinajstić information content (AvgIpc) is 3.37. The van der Waals surface area contributed by atoms with E-state index in [0.717, 1.165) is 23.5 Å². The first-order chi connectivity index (χ1) is 14.3. The zero-order chi connectivity index (χ0) is 21.3. The Morgan fingerprint density at radius 3 is 2.73 bits per heavy atom. The van der Waals surface area contributed by atoms with Crippen LogP contribution in [-0.2, 0) is 9.57 Å². The van der Waals surface area contributed by atoms with E-state index in [-0.39, 0.29) is 18.0 Å². The molecule has 1 N–H and O–H groups in total. The Morgan fingerprint density at radius 1 is 1.30 bits per heavy atom. The molecule has 2 aromatic rings. The van der Waals surface area contributed by atoms with Crippen molar-refractivity contribution in [3.8, 4) is 0 Å². The molecule has 8 heteroatoms. The maximum Gasteiger partial charge on any atom is 0.410 e.